The Labute approximate surface area is 178 Å². The molecule has 30 heavy (non-hydrogen) atoms. The summed E-state index contributed by atoms with van der Waals surface area (Å²) in [6.07, 6.45) is 8.99. The van der Waals surface area contributed by atoms with Crippen molar-refractivity contribution in [2.24, 2.45) is 10.8 Å². The molecule has 2 N–H and O–H groups in total. The first-order valence-electron chi connectivity index (χ1n) is 11.0. The molecule has 1 aromatic rings. The molecule has 4 fully saturated rings. The Morgan fingerprint density at radius 2 is 2.07 bits per heavy atom. The molecule has 3 saturated heterocycles. The van der Waals surface area contributed by atoms with Crippen molar-refractivity contribution < 1.29 is 14.4 Å². The van der Waals surface area contributed by atoms with Crippen LogP contribution in [0.15, 0.2) is 18.5 Å². The molecule has 1 atom stereocenters. The van der Waals surface area contributed by atoms with Crippen LogP contribution in [0.5, 0.6) is 0 Å². The lowest BCUT2D eigenvalue weighted by atomic mass is 9.67. The van der Waals surface area contributed by atoms with Gasteiger partial charge in [-0.25, -0.2) is 0 Å². The van der Waals surface area contributed by atoms with Gasteiger partial charge in [-0.3, -0.25) is 19.4 Å². The summed E-state index contributed by atoms with van der Waals surface area (Å²) in [5, 5.41) is 5.99. The van der Waals surface area contributed by atoms with Gasteiger partial charge in [0.15, 0.2) is 0 Å². The highest BCUT2D eigenvalue weighted by Crippen LogP contribution is 2.44. The SMILES string of the molecule is Cc1ccncc1CC(=O)N1CC2(CNC(=O)C3(C)CCC(=O)NC3)CCC1CC2. The molecule has 2 bridgehead atoms. The Bertz CT molecular complexity index is 835. The minimum Gasteiger partial charge on any atom is -0.355 e. The minimum atomic E-state index is -0.552. The first-order valence-corrected chi connectivity index (χ1v) is 11.0. The second kappa shape index (κ2) is 8.00. The summed E-state index contributed by atoms with van der Waals surface area (Å²) in [6.45, 7) is 5.63. The molecule has 0 aromatic carbocycles. The maximum absolute atomic E-state index is 13.1. The highest BCUT2D eigenvalue weighted by Gasteiger charge is 2.47. The van der Waals surface area contributed by atoms with Crippen LogP contribution in [0.1, 0.15) is 56.6 Å². The first-order chi connectivity index (χ1) is 14.3. The molecule has 1 aliphatic carbocycles. The highest BCUT2D eigenvalue weighted by atomic mass is 16.2. The van der Waals surface area contributed by atoms with Crippen LogP contribution in [0.25, 0.3) is 0 Å². The summed E-state index contributed by atoms with van der Waals surface area (Å²) in [7, 11) is 0. The number of rotatable bonds is 5. The van der Waals surface area contributed by atoms with Crippen LogP contribution >= 0.6 is 0 Å². The Kier molecular flexibility index (Phi) is 5.55. The number of nitrogens with one attached hydrogen (secondary N) is 2. The highest BCUT2D eigenvalue weighted by molar-refractivity contribution is 5.86. The number of hydrogen-bond acceptors (Lipinski definition) is 4. The second-order valence-corrected chi connectivity index (χ2v) is 9.75. The largest absolute Gasteiger partial charge is 0.355 e. The molecule has 7 nitrogen and oxygen atoms in total. The lowest BCUT2D eigenvalue weighted by Gasteiger charge is -2.53. The fraction of sp³-hybridized carbons (Fsp3) is 0.652. The zero-order chi connectivity index (χ0) is 21.4. The maximum atomic E-state index is 13.1. The normalized spacial score (nSPS) is 30.7. The Balaban J connectivity index is 1.38. The molecule has 1 aromatic heterocycles. The minimum absolute atomic E-state index is 0.00781. The number of nitrogens with zero attached hydrogens (tertiary/aromatic N) is 2. The predicted octanol–water partition coefficient (Wildman–Crippen LogP) is 1.74. The number of carbonyl (C=O) groups is 3. The van der Waals surface area contributed by atoms with Gasteiger partial charge < -0.3 is 15.5 Å². The van der Waals surface area contributed by atoms with Crippen molar-refractivity contribution in [2.45, 2.75) is 64.8 Å². The van der Waals surface area contributed by atoms with E-state index < -0.39 is 5.41 Å². The van der Waals surface area contributed by atoms with E-state index in [2.05, 4.69) is 15.6 Å². The number of hydrogen-bond donors (Lipinski definition) is 2. The van der Waals surface area contributed by atoms with Crippen molar-refractivity contribution in [3.05, 3.63) is 29.6 Å². The van der Waals surface area contributed by atoms with Crippen LogP contribution < -0.4 is 10.6 Å². The molecule has 5 rings (SSSR count). The zero-order valence-corrected chi connectivity index (χ0v) is 18.0. The predicted molar refractivity (Wildman–Crippen MR) is 112 cm³/mol. The van der Waals surface area contributed by atoms with E-state index in [1.807, 2.05) is 24.8 Å². The number of pyridine rings is 1. The molecule has 3 aliphatic heterocycles. The molecule has 4 aliphatic rings. The fourth-order valence-electron chi connectivity index (χ4n) is 5.18. The van der Waals surface area contributed by atoms with Crippen molar-refractivity contribution in [1.82, 2.24) is 20.5 Å². The number of amides is 3. The average Bonchev–Trinajstić information content (AvgIpc) is 2.76. The number of aromatic nitrogens is 1. The molecule has 1 unspecified atom stereocenters. The van der Waals surface area contributed by atoms with E-state index in [4.69, 9.17) is 0 Å². The molecule has 1 saturated carbocycles. The quantitative estimate of drug-likeness (QED) is 0.771. The van der Waals surface area contributed by atoms with E-state index in [0.717, 1.165) is 36.8 Å². The third-order valence-corrected chi connectivity index (χ3v) is 7.52. The second-order valence-electron chi connectivity index (χ2n) is 9.75. The van der Waals surface area contributed by atoms with Crippen molar-refractivity contribution in [2.75, 3.05) is 19.6 Å². The van der Waals surface area contributed by atoms with Crippen LogP contribution in [0, 0.1) is 17.8 Å². The number of aryl methyl sites for hydroxylation is 1. The van der Waals surface area contributed by atoms with Crippen molar-refractivity contribution in [3.8, 4) is 0 Å². The molecule has 0 spiro atoms. The summed E-state index contributed by atoms with van der Waals surface area (Å²) in [6, 6.07) is 2.26. The Morgan fingerprint density at radius 3 is 2.73 bits per heavy atom. The smallest absolute Gasteiger partial charge is 0.227 e. The third-order valence-electron chi connectivity index (χ3n) is 7.52. The number of fused-ring (bicyclic) bond motifs is 3. The van der Waals surface area contributed by atoms with Gasteiger partial charge in [0.1, 0.15) is 0 Å². The molecule has 162 valence electrons. The summed E-state index contributed by atoms with van der Waals surface area (Å²) in [4.78, 5) is 43.6. The van der Waals surface area contributed by atoms with Gasteiger partial charge in [-0.2, -0.15) is 0 Å². The maximum Gasteiger partial charge on any atom is 0.227 e. The number of carbonyl (C=O) groups excluding carboxylic acids is 3. The topological polar surface area (TPSA) is 91.4 Å². The fourth-order valence-corrected chi connectivity index (χ4v) is 5.18. The lowest BCUT2D eigenvalue weighted by Crippen LogP contribution is -2.60. The first kappa shape index (κ1) is 20.8. The molecule has 7 heteroatoms. The standard InChI is InChI=1S/C23H32N4O3/c1-16-6-10-24-12-17(16)11-20(29)27-15-23(8-3-18(27)4-9-23)14-26-21(30)22(2)7-5-19(28)25-13-22/h6,10,12,18H,3-5,7-9,11,13-15H2,1-2H3,(H,25,28)(H,26,30). The van der Waals surface area contributed by atoms with E-state index in [0.29, 0.717) is 44.9 Å². The Morgan fingerprint density at radius 1 is 1.30 bits per heavy atom. The van der Waals surface area contributed by atoms with E-state index in [9.17, 15) is 14.4 Å². The van der Waals surface area contributed by atoms with Gasteiger partial charge in [-0.1, -0.05) is 0 Å². The van der Waals surface area contributed by atoms with Crippen molar-refractivity contribution in [3.63, 3.8) is 0 Å². The van der Waals surface area contributed by atoms with Crippen LogP contribution in [0.3, 0.4) is 0 Å². The van der Waals surface area contributed by atoms with E-state index in [1.54, 1.807) is 12.4 Å². The number of piperidine rings is 3. The van der Waals surface area contributed by atoms with Crippen molar-refractivity contribution in [1.29, 1.82) is 0 Å². The van der Waals surface area contributed by atoms with Crippen LogP contribution in [0.4, 0.5) is 0 Å². The van der Waals surface area contributed by atoms with Crippen LogP contribution in [-0.4, -0.2) is 53.3 Å². The van der Waals surface area contributed by atoms with Crippen molar-refractivity contribution >= 4 is 17.7 Å². The van der Waals surface area contributed by atoms with E-state index in [1.165, 1.54) is 0 Å². The average molecular weight is 413 g/mol. The summed E-state index contributed by atoms with van der Waals surface area (Å²) < 4.78 is 0. The van der Waals surface area contributed by atoms with Crippen LogP contribution in [0.2, 0.25) is 0 Å². The van der Waals surface area contributed by atoms with Gasteiger partial charge in [-0.05, 0) is 63.1 Å². The Hall–Kier alpha value is -2.44. The molecule has 4 heterocycles. The third kappa shape index (κ3) is 4.07. The molecule has 3 amide bonds. The molecular weight excluding hydrogens is 380 g/mol. The van der Waals surface area contributed by atoms with E-state index in [-0.39, 0.29) is 23.1 Å². The van der Waals surface area contributed by atoms with E-state index >= 15 is 0 Å². The summed E-state index contributed by atoms with van der Waals surface area (Å²) >= 11 is 0. The van der Waals surface area contributed by atoms with Gasteiger partial charge in [0, 0.05) is 49.9 Å². The van der Waals surface area contributed by atoms with Gasteiger partial charge >= 0.3 is 0 Å². The molecular formula is C23H32N4O3. The van der Waals surface area contributed by atoms with Gasteiger partial charge in [0.2, 0.25) is 17.7 Å². The monoisotopic (exact) mass is 412 g/mol. The summed E-state index contributed by atoms with van der Waals surface area (Å²) in [5.74, 6) is 0.184. The van der Waals surface area contributed by atoms with Gasteiger partial charge in [-0.15, -0.1) is 0 Å². The van der Waals surface area contributed by atoms with Gasteiger partial charge in [0.05, 0.1) is 11.8 Å². The summed E-state index contributed by atoms with van der Waals surface area (Å²) in [5.41, 5.74) is 1.48. The lowest BCUT2D eigenvalue weighted by molar-refractivity contribution is -0.143. The van der Waals surface area contributed by atoms with Crippen LogP contribution in [-0.2, 0) is 20.8 Å². The zero-order valence-electron chi connectivity index (χ0n) is 18.0. The van der Waals surface area contributed by atoms with Gasteiger partial charge in [0.25, 0.3) is 0 Å². The molecule has 0 radical (unpaired) electrons.